The second kappa shape index (κ2) is 7.09. The number of sulfonamides is 1. The van der Waals surface area contributed by atoms with Crippen molar-refractivity contribution in [2.75, 3.05) is 13.1 Å². The van der Waals surface area contributed by atoms with Crippen LogP contribution in [0.5, 0.6) is 0 Å². The van der Waals surface area contributed by atoms with Gasteiger partial charge in [0.05, 0.1) is 13.6 Å². The highest BCUT2D eigenvalue weighted by Crippen LogP contribution is 2.26. The van der Waals surface area contributed by atoms with Crippen LogP contribution < -0.4 is 4.57 Å². The molecule has 126 valence electrons. The fraction of sp³-hybridized carbons (Fsp3) is 0.636. The molecule has 0 aliphatic carbocycles. The molecule has 0 atom stereocenters. The summed E-state index contributed by atoms with van der Waals surface area (Å²) < 4.78 is 64.4. The fourth-order valence-electron chi connectivity index (χ4n) is 1.91. The summed E-state index contributed by atoms with van der Waals surface area (Å²) in [6.45, 7) is 1.03. The first-order chi connectivity index (χ1) is 10.1. The van der Waals surface area contributed by atoms with Gasteiger partial charge in [0.25, 0.3) is 0 Å². The van der Waals surface area contributed by atoms with Gasteiger partial charge in [0.2, 0.25) is 0 Å². The van der Waals surface area contributed by atoms with Crippen LogP contribution in [0, 0.1) is 0 Å². The fourth-order valence-corrected chi connectivity index (χ4v) is 2.95. The van der Waals surface area contributed by atoms with E-state index in [-0.39, 0.29) is 26.1 Å². The van der Waals surface area contributed by atoms with Gasteiger partial charge in [-0.05, 0) is 6.42 Å². The zero-order valence-corrected chi connectivity index (χ0v) is 13.0. The molecule has 0 fully saturated rings. The second-order valence-electron chi connectivity index (χ2n) is 4.56. The summed E-state index contributed by atoms with van der Waals surface area (Å²) in [7, 11) is -3.70. The molecular weight excluding hydrogens is 325 g/mol. The molecule has 0 aromatic carbocycles. The summed E-state index contributed by atoms with van der Waals surface area (Å²) in [5.41, 5.74) is -5.32. The third-order valence-corrected chi connectivity index (χ3v) is 4.62. The lowest BCUT2D eigenvalue weighted by molar-refractivity contribution is -0.671. The minimum absolute atomic E-state index is 0.00248. The van der Waals surface area contributed by atoms with Crippen LogP contribution in [0.4, 0.5) is 13.2 Å². The number of alkyl halides is 3. The number of imidazole rings is 1. The second-order valence-corrected chi connectivity index (χ2v) is 6.48. The molecule has 1 rings (SSSR count). The van der Waals surface area contributed by atoms with Gasteiger partial charge in [-0.3, -0.25) is 0 Å². The maximum absolute atomic E-state index is 12.6. The Kier molecular flexibility index (Phi) is 5.94. The largest absolute Gasteiger partial charge is 0.511 e. The average molecular weight is 343 g/mol. The van der Waals surface area contributed by atoms with E-state index in [0.717, 1.165) is 6.21 Å². The lowest BCUT2D eigenvalue weighted by atomic mass is 10.4. The van der Waals surface area contributed by atoms with E-state index in [0.29, 0.717) is 10.1 Å². The van der Waals surface area contributed by atoms with Crippen molar-refractivity contribution in [1.82, 2.24) is 8.87 Å². The van der Waals surface area contributed by atoms with Crippen LogP contribution in [0.3, 0.4) is 0 Å². The predicted octanol–water partition coefficient (Wildman–Crippen LogP) is 0.682. The number of nitrogens with zero attached hydrogens (tertiary/aromatic N) is 4. The minimum atomic E-state index is -5.36. The lowest BCUT2D eigenvalue weighted by Crippen LogP contribution is -2.43. The SMILES string of the molecule is CCCN(CCn1cc[n+](C)c1/C=N/O)S(=O)(=O)C(F)(F)F. The standard InChI is InChI=1S/C11H17F3N4O3S/c1-3-4-18(22(20,21)11(12,13)14)8-7-17-6-5-16(2)10(17)9-15-19/h5-6,9H,3-4,7-8H2,1-2H3/p+1. The van der Waals surface area contributed by atoms with Gasteiger partial charge >= 0.3 is 21.4 Å². The Bertz CT molecular complexity index is 625. The van der Waals surface area contributed by atoms with Gasteiger partial charge in [0.1, 0.15) is 18.9 Å². The molecule has 0 aliphatic rings. The highest BCUT2D eigenvalue weighted by molar-refractivity contribution is 7.90. The number of oxime groups is 1. The predicted molar refractivity (Wildman–Crippen MR) is 71.8 cm³/mol. The first-order valence-corrected chi connectivity index (χ1v) is 7.87. The van der Waals surface area contributed by atoms with Crippen molar-refractivity contribution >= 4 is 16.2 Å². The summed E-state index contributed by atoms with van der Waals surface area (Å²) in [5, 5.41) is 11.4. The van der Waals surface area contributed by atoms with Crippen LogP contribution in [0.15, 0.2) is 17.5 Å². The Balaban J connectivity index is 2.95. The molecule has 11 heteroatoms. The molecule has 0 saturated carbocycles. The van der Waals surface area contributed by atoms with Crippen LogP contribution in [0.1, 0.15) is 19.2 Å². The van der Waals surface area contributed by atoms with E-state index in [9.17, 15) is 21.6 Å². The minimum Gasteiger partial charge on any atom is -0.411 e. The van der Waals surface area contributed by atoms with Crippen molar-refractivity contribution in [1.29, 1.82) is 0 Å². The zero-order chi connectivity index (χ0) is 17.0. The van der Waals surface area contributed by atoms with Crippen molar-refractivity contribution in [3.05, 3.63) is 18.2 Å². The number of hydrogen-bond donors (Lipinski definition) is 1. The zero-order valence-electron chi connectivity index (χ0n) is 12.2. The molecular formula is C11H18F3N4O3S+. The Hall–Kier alpha value is -1.62. The summed E-state index contributed by atoms with van der Waals surface area (Å²) in [6, 6.07) is 0. The summed E-state index contributed by atoms with van der Waals surface area (Å²) in [6.07, 6.45) is 4.54. The molecule has 0 unspecified atom stereocenters. The number of hydrogen-bond acceptors (Lipinski definition) is 4. The quantitative estimate of drug-likeness (QED) is 0.342. The third-order valence-electron chi connectivity index (χ3n) is 2.99. The maximum atomic E-state index is 12.6. The van der Waals surface area contributed by atoms with Crippen molar-refractivity contribution in [2.24, 2.45) is 12.2 Å². The third kappa shape index (κ3) is 3.97. The van der Waals surface area contributed by atoms with E-state index in [2.05, 4.69) is 5.16 Å². The Morgan fingerprint density at radius 2 is 2.09 bits per heavy atom. The first-order valence-electron chi connectivity index (χ1n) is 6.43. The summed E-state index contributed by atoms with van der Waals surface area (Å²) in [4.78, 5) is 0. The molecule has 1 aromatic rings. The summed E-state index contributed by atoms with van der Waals surface area (Å²) >= 11 is 0. The number of aromatic nitrogens is 2. The molecule has 7 nitrogen and oxygen atoms in total. The van der Waals surface area contributed by atoms with Crippen molar-refractivity contribution in [3.63, 3.8) is 0 Å². The number of halogens is 3. The number of rotatable bonds is 7. The molecule has 22 heavy (non-hydrogen) atoms. The average Bonchev–Trinajstić information content (AvgIpc) is 2.75. The van der Waals surface area contributed by atoms with Gasteiger partial charge in [-0.1, -0.05) is 12.1 Å². The van der Waals surface area contributed by atoms with E-state index in [1.54, 1.807) is 30.9 Å². The van der Waals surface area contributed by atoms with Gasteiger partial charge in [0, 0.05) is 6.54 Å². The molecule has 0 bridgehead atoms. The van der Waals surface area contributed by atoms with E-state index >= 15 is 0 Å². The number of aryl methyl sites for hydroxylation is 1. The molecule has 0 aliphatic heterocycles. The molecule has 0 spiro atoms. The molecule has 0 radical (unpaired) electrons. The van der Waals surface area contributed by atoms with Crippen LogP contribution in [-0.2, 0) is 23.6 Å². The van der Waals surface area contributed by atoms with Crippen molar-refractivity contribution < 1.29 is 31.4 Å². The van der Waals surface area contributed by atoms with E-state index in [1.807, 2.05) is 0 Å². The van der Waals surface area contributed by atoms with E-state index < -0.39 is 15.5 Å². The van der Waals surface area contributed by atoms with E-state index in [1.165, 1.54) is 4.57 Å². The van der Waals surface area contributed by atoms with Gasteiger partial charge in [0.15, 0.2) is 6.21 Å². The van der Waals surface area contributed by atoms with Crippen LogP contribution >= 0.6 is 0 Å². The van der Waals surface area contributed by atoms with Crippen LogP contribution in [0.2, 0.25) is 0 Å². The first kappa shape index (κ1) is 18.4. The lowest BCUT2D eigenvalue weighted by Gasteiger charge is -2.22. The highest BCUT2D eigenvalue weighted by atomic mass is 32.2. The normalized spacial score (nSPS) is 13.4. The highest BCUT2D eigenvalue weighted by Gasteiger charge is 2.49. The Labute approximate surface area is 126 Å². The summed E-state index contributed by atoms with van der Waals surface area (Å²) in [5.74, 6) is 0.420. The smallest absolute Gasteiger partial charge is 0.411 e. The van der Waals surface area contributed by atoms with Gasteiger partial charge < -0.3 is 5.21 Å². The Morgan fingerprint density at radius 1 is 1.45 bits per heavy atom. The molecule has 0 saturated heterocycles. The molecule has 1 N–H and O–H groups in total. The van der Waals surface area contributed by atoms with Crippen LogP contribution in [-0.4, -0.2) is 47.3 Å². The maximum Gasteiger partial charge on any atom is 0.511 e. The molecule has 1 heterocycles. The molecule has 1 aromatic heterocycles. The van der Waals surface area contributed by atoms with Gasteiger partial charge in [-0.15, -0.1) is 0 Å². The Morgan fingerprint density at radius 3 is 2.59 bits per heavy atom. The molecule has 0 amide bonds. The van der Waals surface area contributed by atoms with Gasteiger partial charge in [-0.25, -0.2) is 17.6 Å². The van der Waals surface area contributed by atoms with E-state index in [4.69, 9.17) is 5.21 Å². The van der Waals surface area contributed by atoms with Crippen LogP contribution in [0.25, 0.3) is 0 Å². The van der Waals surface area contributed by atoms with Crippen molar-refractivity contribution in [3.8, 4) is 0 Å². The topological polar surface area (TPSA) is 78.8 Å². The van der Waals surface area contributed by atoms with Crippen molar-refractivity contribution in [2.45, 2.75) is 25.4 Å². The van der Waals surface area contributed by atoms with Gasteiger partial charge in [-0.2, -0.15) is 17.5 Å². The monoisotopic (exact) mass is 343 g/mol.